The van der Waals surface area contributed by atoms with E-state index in [4.69, 9.17) is 11.6 Å². The van der Waals surface area contributed by atoms with Crippen molar-refractivity contribution >= 4 is 45.4 Å². The molecule has 3 heterocycles. The fourth-order valence-electron chi connectivity index (χ4n) is 1.42. The maximum Gasteiger partial charge on any atom is 0.224 e. The average molecular weight is 359 g/mol. The summed E-state index contributed by atoms with van der Waals surface area (Å²) in [6.45, 7) is 0. The molecule has 0 saturated heterocycles. The zero-order valence-corrected chi connectivity index (χ0v) is 11.2. The van der Waals surface area contributed by atoms with Gasteiger partial charge >= 0.3 is 0 Å². The second-order valence-corrected chi connectivity index (χ2v) is 4.76. The van der Waals surface area contributed by atoms with Gasteiger partial charge in [-0.1, -0.05) is 11.6 Å². The predicted molar refractivity (Wildman–Crippen MR) is 70.6 cm³/mol. The van der Waals surface area contributed by atoms with Crippen LogP contribution in [0.5, 0.6) is 0 Å². The Labute approximate surface area is 114 Å². The number of hydrogen-bond donors (Lipinski definition) is 0. The summed E-state index contributed by atoms with van der Waals surface area (Å²) in [6, 6.07) is 3.67. The summed E-state index contributed by atoms with van der Waals surface area (Å²) in [7, 11) is 0. The minimum atomic E-state index is 0.485. The Hall–Kier alpha value is -1.28. The number of halogens is 2. The van der Waals surface area contributed by atoms with Crippen LogP contribution in [0.3, 0.4) is 0 Å². The molecule has 3 aromatic rings. The van der Waals surface area contributed by atoms with Crippen LogP contribution in [0.25, 0.3) is 22.3 Å². The van der Waals surface area contributed by atoms with Crippen LogP contribution < -0.4 is 0 Å². The Morgan fingerprint density at radius 2 is 1.82 bits per heavy atom. The lowest BCUT2D eigenvalue weighted by Crippen LogP contribution is -1.86. The van der Waals surface area contributed by atoms with E-state index >= 15 is 0 Å². The quantitative estimate of drug-likeness (QED) is 0.494. The van der Waals surface area contributed by atoms with Gasteiger partial charge in [0.05, 0.1) is 5.02 Å². The first-order valence-corrected chi connectivity index (χ1v) is 6.09. The van der Waals surface area contributed by atoms with Crippen molar-refractivity contribution in [3.8, 4) is 11.1 Å². The molecule has 0 bridgehead atoms. The van der Waals surface area contributed by atoms with E-state index in [-0.39, 0.29) is 0 Å². The van der Waals surface area contributed by atoms with Crippen LogP contribution in [0.1, 0.15) is 0 Å². The van der Waals surface area contributed by atoms with Crippen LogP contribution in [-0.2, 0) is 0 Å². The van der Waals surface area contributed by atoms with Gasteiger partial charge in [0.2, 0.25) is 5.65 Å². The summed E-state index contributed by atoms with van der Waals surface area (Å²) >= 11 is 8.10. The fourth-order valence-corrected chi connectivity index (χ4v) is 1.88. The molecule has 0 saturated carbocycles. The van der Waals surface area contributed by atoms with Crippen molar-refractivity contribution in [2.24, 2.45) is 0 Å². The minimum absolute atomic E-state index is 0.485. The predicted octanol–water partition coefficient (Wildman–Crippen LogP) is 2.94. The summed E-state index contributed by atoms with van der Waals surface area (Å²) in [6.07, 6.45) is 3.43. The number of nitrogens with zero attached hydrogens (tertiary/aromatic N) is 4. The minimum Gasteiger partial charge on any atom is -0.248 e. The molecule has 0 atom stereocenters. The zero-order valence-electron chi connectivity index (χ0n) is 8.26. The highest BCUT2D eigenvalue weighted by Gasteiger charge is 2.07. The normalized spacial score (nSPS) is 10.9. The van der Waals surface area contributed by atoms with E-state index in [1.54, 1.807) is 12.4 Å². The fraction of sp³-hybridized carbons (Fsp3) is 0. The molecule has 0 aliphatic carbocycles. The van der Waals surface area contributed by atoms with Crippen molar-refractivity contribution in [2.45, 2.75) is 0 Å². The van der Waals surface area contributed by atoms with Gasteiger partial charge in [0.1, 0.15) is 3.70 Å². The molecule has 0 amide bonds. The van der Waals surface area contributed by atoms with E-state index in [1.807, 2.05) is 12.1 Å². The van der Waals surface area contributed by atoms with E-state index in [9.17, 15) is 0 Å². The Bertz CT molecular complexity index is 700. The molecule has 0 radical (unpaired) electrons. The molecule has 0 fully saturated rings. The van der Waals surface area contributed by atoms with E-state index < -0.39 is 0 Å². The van der Waals surface area contributed by atoms with Crippen molar-refractivity contribution in [1.29, 1.82) is 0 Å². The van der Waals surface area contributed by atoms with Gasteiger partial charge in [0, 0.05) is 23.5 Å². The van der Waals surface area contributed by atoms with Crippen LogP contribution in [0.2, 0.25) is 5.02 Å². The molecule has 5 nitrogen and oxygen atoms in total. The summed E-state index contributed by atoms with van der Waals surface area (Å²) < 4.78 is 5.36. The molecule has 0 unspecified atom stereocenters. The molecule has 0 aliphatic heterocycles. The second kappa shape index (κ2) is 4.19. The van der Waals surface area contributed by atoms with E-state index in [0.29, 0.717) is 16.2 Å². The first-order valence-electron chi connectivity index (χ1n) is 4.64. The molecule has 0 N–H and O–H groups in total. The largest absolute Gasteiger partial charge is 0.248 e. The monoisotopic (exact) mass is 358 g/mol. The Morgan fingerprint density at radius 3 is 2.65 bits per heavy atom. The van der Waals surface area contributed by atoms with Gasteiger partial charge in [-0.05, 0) is 45.0 Å². The number of pyridine rings is 2. The molecular formula is C10H4ClIN4O. The lowest BCUT2D eigenvalue weighted by molar-refractivity contribution is 0.315. The van der Waals surface area contributed by atoms with E-state index in [2.05, 4.69) is 47.5 Å². The Balaban J connectivity index is 2.16. The smallest absolute Gasteiger partial charge is 0.224 e. The lowest BCUT2D eigenvalue weighted by Gasteiger charge is -2.01. The summed E-state index contributed by atoms with van der Waals surface area (Å²) in [5.74, 6) is 0. The highest BCUT2D eigenvalue weighted by atomic mass is 127. The van der Waals surface area contributed by atoms with Crippen LogP contribution in [-0.4, -0.2) is 20.3 Å². The maximum absolute atomic E-state index is 6.02. The second-order valence-electron chi connectivity index (χ2n) is 3.33. The average Bonchev–Trinajstić information content (AvgIpc) is 2.79. The standard InChI is InChI=1S/C10H4ClIN4O/c11-7-1-5(3-13-9(7)12)6-2-8-10(14-4-6)16-17-15-8/h1-4H. The third-order valence-corrected chi connectivity index (χ3v) is 3.71. The molecule has 3 rings (SSSR count). The van der Waals surface area contributed by atoms with Gasteiger partial charge in [-0.3, -0.25) is 0 Å². The molecule has 17 heavy (non-hydrogen) atoms. The van der Waals surface area contributed by atoms with E-state index in [0.717, 1.165) is 14.8 Å². The number of fused-ring (bicyclic) bond motifs is 1. The van der Waals surface area contributed by atoms with Gasteiger partial charge in [0.25, 0.3) is 0 Å². The first kappa shape index (κ1) is 10.8. The molecule has 7 heteroatoms. The molecule has 0 aliphatic rings. The maximum atomic E-state index is 6.02. The highest BCUT2D eigenvalue weighted by molar-refractivity contribution is 14.1. The van der Waals surface area contributed by atoms with Crippen LogP contribution in [0, 0.1) is 3.70 Å². The Morgan fingerprint density at radius 1 is 1.06 bits per heavy atom. The first-order chi connectivity index (χ1) is 8.24. The molecular weight excluding hydrogens is 354 g/mol. The SMILES string of the molecule is Clc1cc(-c2cnc3nonc3c2)cnc1I. The molecule has 84 valence electrons. The molecule has 3 aromatic heterocycles. The van der Waals surface area contributed by atoms with Crippen molar-refractivity contribution in [1.82, 2.24) is 20.3 Å². The topological polar surface area (TPSA) is 64.7 Å². The highest BCUT2D eigenvalue weighted by Crippen LogP contribution is 2.25. The Kier molecular flexibility index (Phi) is 2.67. The summed E-state index contributed by atoms with van der Waals surface area (Å²) in [5, 5.41) is 8.00. The number of hydrogen-bond acceptors (Lipinski definition) is 5. The third-order valence-electron chi connectivity index (χ3n) is 2.24. The van der Waals surface area contributed by atoms with Crippen LogP contribution in [0.4, 0.5) is 0 Å². The van der Waals surface area contributed by atoms with Gasteiger partial charge in [-0.2, -0.15) is 0 Å². The van der Waals surface area contributed by atoms with Crippen LogP contribution in [0.15, 0.2) is 29.2 Å². The van der Waals surface area contributed by atoms with E-state index in [1.165, 1.54) is 0 Å². The lowest BCUT2D eigenvalue weighted by atomic mass is 10.1. The van der Waals surface area contributed by atoms with Crippen molar-refractivity contribution in [2.75, 3.05) is 0 Å². The van der Waals surface area contributed by atoms with Crippen molar-refractivity contribution < 1.29 is 4.63 Å². The summed E-state index contributed by atoms with van der Waals surface area (Å²) in [4.78, 5) is 8.32. The summed E-state index contributed by atoms with van der Waals surface area (Å²) in [5.41, 5.74) is 2.85. The van der Waals surface area contributed by atoms with Crippen molar-refractivity contribution in [3.05, 3.63) is 33.2 Å². The zero-order chi connectivity index (χ0) is 11.8. The number of rotatable bonds is 1. The van der Waals surface area contributed by atoms with Gasteiger partial charge in [-0.25, -0.2) is 14.6 Å². The van der Waals surface area contributed by atoms with Gasteiger partial charge in [-0.15, -0.1) is 0 Å². The third kappa shape index (κ3) is 1.98. The van der Waals surface area contributed by atoms with Gasteiger partial charge in [0.15, 0.2) is 5.52 Å². The van der Waals surface area contributed by atoms with Gasteiger partial charge < -0.3 is 0 Å². The van der Waals surface area contributed by atoms with Crippen LogP contribution >= 0.6 is 34.2 Å². The molecule has 0 aromatic carbocycles. The van der Waals surface area contributed by atoms with Crippen molar-refractivity contribution in [3.63, 3.8) is 0 Å². The molecule has 0 spiro atoms. The number of aromatic nitrogens is 4.